The molecule has 0 aliphatic carbocycles. The van der Waals surface area contributed by atoms with Gasteiger partial charge in [-0.05, 0) is 6.07 Å². The van der Waals surface area contributed by atoms with E-state index in [-0.39, 0.29) is 18.0 Å². The molecule has 0 aromatic carbocycles. The Morgan fingerprint density at radius 3 is 3.05 bits per heavy atom. The number of hydrogen-bond acceptors (Lipinski definition) is 4. The van der Waals surface area contributed by atoms with Crippen molar-refractivity contribution in [3.63, 3.8) is 0 Å². The second kappa shape index (κ2) is 6.02. The van der Waals surface area contributed by atoms with Gasteiger partial charge in [-0.3, -0.25) is 14.0 Å². The Kier molecular flexibility index (Phi) is 4.35. The second-order valence-corrected chi connectivity index (χ2v) is 5.14. The Morgan fingerprint density at radius 2 is 2.29 bits per heavy atom. The van der Waals surface area contributed by atoms with Crippen molar-refractivity contribution in [1.82, 2.24) is 9.38 Å². The number of hydrogen-bond donors (Lipinski definition) is 1. The maximum absolute atomic E-state index is 11.9. The molecule has 0 saturated heterocycles. The fraction of sp³-hybridized carbons (Fsp3) is 0.0769. The molecule has 3 aromatic rings. The van der Waals surface area contributed by atoms with Gasteiger partial charge in [0.05, 0.1) is 0 Å². The molecule has 6 nitrogen and oxygen atoms in total. The van der Waals surface area contributed by atoms with Crippen molar-refractivity contribution in [1.29, 1.82) is 0 Å². The Hall–Kier alpha value is -2.25. The number of carbonyl (C=O) groups is 1. The minimum absolute atomic E-state index is 0. The zero-order valence-electron chi connectivity index (χ0n) is 10.8. The molecular formula is C13H11ClN4O2S. The molecule has 0 spiro atoms. The molecule has 0 atom stereocenters. The van der Waals surface area contributed by atoms with Crippen molar-refractivity contribution in [3.05, 3.63) is 63.8 Å². The van der Waals surface area contributed by atoms with Gasteiger partial charge in [0.2, 0.25) is 0 Å². The van der Waals surface area contributed by atoms with Gasteiger partial charge in [0.1, 0.15) is 11.3 Å². The molecule has 0 aliphatic heterocycles. The van der Waals surface area contributed by atoms with Crippen LogP contribution in [0.5, 0.6) is 0 Å². The van der Waals surface area contributed by atoms with Gasteiger partial charge >= 0.3 is 0 Å². The van der Waals surface area contributed by atoms with Crippen LogP contribution < -0.4 is 28.3 Å². The standard InChI is InChI=1S/C13H10N4O2S.ClH/c14-12(19)9-2-1-3-16(7-9)8-10-6-11(18)17-4-5-20-13(17)15-10;/h1-7H,8H2,(H-,14,19);1H. The number of halogens is 1. The summed E-state index contributed by atoms with van der Waals surface area (Å²) in [5, 5.41) is 1.81. The topological polar surface area (TPSA) is 81.3 Å². The third-order valence-corrected chi connectivity index (χ3v) is 3.60. The minimum atomic E-state index is -0.485. The summed E-state index contributed by atoms with van der Waals surface area (Å²) in [5.74, 6) is -0.485. The zero-order valence-corrected chi connectivity index (χ0v) is 12.3. The number of primary amides is 1. The monoisotopic (exact) mass is 322 g/mol. The SMILES string of the molecule is NC(=O)c1ccc[n+](Cc2cc(=O)n3ccsc3n2)c1.[Cl-]. The van der Waals surface area contributed by atoms with E-state index in [1.165, 1.54) is 21.8 Å². The molecule has 8 heteroatoms. The maximum Gasteiger partial charge on any atom is 0.258 e. The number of fused-ring (bicyclic) bond motifs is 1. The molecule has 0 unspecified atom stereocenters. The van der Waals surface area contributed by atoms with Crippen LogP contribution >= 0.6 is 11.3 Å². The zero-order chi connectivity index (χ0) is 14.1. The first-order valence-electron chi connectivity index (χ1n) is 5.88. The summed E-state index contributed by atoms with van der Waals surface area (Å²) in [6.45, 7) is 0.408. The quantitative estimate of drug-likeness (QED) is 0.529. The van der Waals surface area contributed by atoms with Crippen molar-refractivity contribution in [2.24, 2.45) is 5.73 Å². The number of nitrogens with two attached hydrogens (primary N) is 1. The van der Waals surface area contributed by atoms with E-state index >= 15 is 0 Å². The normalized spacial score (nSPS) is 10.3. The number of amides is 1. The molecule has 21 heavy (non-hydrogen) atoms. The van der Waals surface area contributed by atoms with Crippen LogP contribution in [0.1, 0.15) is 16.1 Å². The van der Waals surface area contributed by atoms with Crippen LogP contribution in [0.25, 0.3) is 4.96 Å². The fourth-order valence-corrected chi connectivity index (χ4v) is 2.66. The largest absolute Gasteiger partial charge is 1.00 e. The average Bonchev–Trinajstić information content (AvgIpc) is 2.88. The lowest BCUT2D eigenvalue weighted by atomic mass is 10.2. The summed E-state index contributed by atoms with van der Waals surface area (Å²) in [5.41, 5.74) is 6.19. The van der Waals surface area contributed by atoms with Gasteiger partial charge in [0, 0.05) is 23.7 Å². The van der Waals surface area contributed by atoms with E-state index < -0.39 is 5.91 Å². The van der Waals surface area contributed by atoms with Gasteiger partial charge in [0.25, 0.3) is 11.5 Å². The Morgan fingerprint density at radius 1 is 1.48 bits per heavy atom. The number of aromatic nitrogens is 3. The van der Waals surface area contributed by atoms with Crippen molar-refractivity contribution >= 4 is 22.2 Å². The molecule has 3 heterocycles. The van der Waals surface area contributed by atoms with Crippen LogP contribution in [-0.4, -0.2) is 15.3 Å². The molecule has 3 aromatic heterocycles. The summed E-state index contributed by atoms with van der Waals surface area (Å²) in [7, 11) is 0. The first-order chi connectivity index (χ1) is 9.63. The van der Waals surface area contributed by atoms with Crippen molar-refractivity contribution in [2.45, 2.75) is 6.54 Å². The highest BCUT2D eigenvalue weighted by Crippen LogP contribution is 2.06. The average molecular weight is 323 g/mol. The molecule has 0 fully saturated rings. The van der Waals surface area contributed by atoms with Crippen LogP contribution in [0.4, 0.5) is 0 Å². The lowest BCUT2D eigenvalue weighted by Gasteiger charge is -1.99. The summed E-state index contributed by atoms with van der Waals surface area (Å²) < 4.78 is 3.27. The highest BCUT2D eigenvalue weighted by Gasteiger charge is 2.10. The number of thiazole rings is 1. The molecule has 1 amide bonds. The van der Waals surface area contributed by atoms with Gasteiger partial charge < -0.3 is 18.1 Å². The van der Waals surface area contributed by atoms with E-state index in [9.17, 15) is 9.59 Å². The van der Waals surface area contributed by atoms with Gasteiger partial charge in [-0.15, -0.1) is 11.3 Å². The molecule has 2 N–H and O–H groups in total. The van der Waals surface area contributed by atoms with E-state index in [0.717, 1.165) is 0 Å². The molecule has 3 rings (SSSR count). The summed E-state index contributed by atoms with van der Waals surface area (Å²) in [6, 6.07) is 4.86. The Balaban J connectivity index is 0.00000161. The number of pyridine rings is 1. The second-order valence-electron chi connectivity index (χ2n) is 4.27. The van der Waals surface area contributed by atoms with Crippen LogP contribution in [0.15, 0.2) is 47.0 Å². The Bertz CT molecular complexity index is 858. The maximum atomic E-state index is 11.9. The molecule has 0 saturated carbocycles. The van der Waals surface area contributed by atoms with Gasteiger partial charge in [0.15, 0.2) is 23.9 Å². The third kappa shape index (κ3) is 3.09. The van der Waals surface area contributed by atoms with Crippen LogP contribution in [-0.2, 0) is 6.54 Å². The lowest BCUT2D eigenvalue weighted by molar-refractivity contribution is -0.689. The van der Waals surface area contributed by atoms with Crippen LogP contribution in [0, 0.1) is 0 Å². The lowest BCUT2D eigenvalue weighted by Crippen LogP contribution is -3.00. The molecular weight excluding hydrogens is 312 g/mol. The van der Waals surface area contributed by atoms with E-state index in [4.69, 9.17) is 5.73 Å². The highest BCUT2D eigenvalue weighted by molar-refractivity contribution is 7.15. The molecule has 108 valence electrons. The summed E-state index contributed by atoms with van der Waals surface area (Å²) in [4.78, 5) is 28.1. The van der Waals surface area contributed by atoms with Gasteiger partial charge in [-0.25, -0.2) is 4.98 Å². The molecule has 0 aliphatic rings. The smallest absolute Gasteiger partial charge is 0.258 e. The number of carbonyl (C=O) groups excluding carboxylic acids is 1. The predicted molar refractivity (Wildman–Crippen MR) is 73.6 cm³/mol. The van der Waals surface area contributed by atoms with Crippen LogP contribution in [0.2, 0.25) is 0 Å². The van der Waals surface area contributed by atoms with Gasteiger partial charge in [-0.1, -0.05) is 0 Å². The summed E-state index contributed by atoms with van der Waals surface area (Å²) in [6.07, 6.45) is 5.13. The minimum Gasteiger partial charge on any atom is -1.00 e. The van der Waals surface area contributed by atoms with E-state index in [2.05, 4.69) is 4.98 Å². The summed E-state index contributed by atoms with van der Waals surface area (Å²) >= 11 is 1.40. The van der Waals surface area contributed by atoms with Crippen molar-refractivity contribution in [3.8, 4) is 0 Å². The number of rotatable bonds is 3. The fourth-order valence-electron chi connectivity index (χ4n) is 1.92. The third-order valence-electron chi connectivity index (χ3n) is 2.84. The predicted octanol–water partition coefficient (Wildman–Crippen LogP) is -2.81. The van der Waals surface area contributed by atoms with Crippen molar-refractivity contribution in [2.75, 3.05) is 0 Å². The van der Waals surface area contributed by atoms with E-state index in [1.807, 2.05) is 5.38 Å². The number of nitrogens with zero attached hydrogens (tertiary/aromatic N) is 3. The van der Waals surface area contributed by atoms with Crippen LogP contribution in [0.3, 0.4) is 0 Å². The first-order valence-corrected chi connectivity index (χ1v) is 6.76. The van der Waals surface area contributed by atoms with Gasteiger partial charge in [-0.2, -0.15) is 4.57 Å². The highest BCUT2D eigenvalue weighted by atomic mass is 35.5. The van der Waals surface area contributed by atoms with Crippen molar-refractivity contribution < 1.29 is 21.8 Å². The molecule has 0 bridgehead atoms. The Labute approximate surface area is 129 Å². The first kappa shape index (κ1) is 15.1. The molecule has 0 radical (unpaired) electrons. The van der Waals surface area contributed by atoms with E-state index in [0.29, 0.717) is 22.8 Å². The van der Waals surface area contributed by atoms with E-state index in [1.54, 1.807) is 35.3 Å².